The smallest absolute Gasteiger partial charge is 0.395 e. The summed E-state index contributed by atoms with van der Waals surface area (Å²) >= 11 is 0. The molecule has 2 heterocycles. The molecule has 7 heteroatoms. The standard InChI is InChI=1S/C18H24F3N3O/c1-13-11-15-16(22-14-5-7-23(8-6-14)9-10-25)3-2-4-17(15)24(13)12-18(19,20)21/h2-4,11,14,22,25H,5-10,12H2,1H3. The summed E-state index contributed by atoms with van der Waals surface area (Å²) in [6.07, 6.45) is -2.32. The molecule has 1 aromatic carbocycles. The first-order chi connectivity index (χ1) is 11.9. The lowest BCUT2D eigenvalue weighted by atomic mass is 10.0. The van der Waals surface area contributed by atoms with Crippen molar-refractivity contribution < 1.29 is 18.3 Å². The number of fused-ring (bicyclic) bond motifs is 1. The summed E-state index contributed by atoms with van der Waals surface area (Å²) < 4.78 is 39.8. The minimum atomic E-state index is -4.24. The number of aromatic nitrogens is 1. The highest BCUT2D eigenvalue weighted by Gasteiger charge is 2.29. The van der Waals surface area contributed by atoms with E-state index < -0.39 is 12.7 Å². The minimum Gasteiger partial charge on any atom is -0.395 e. The lowest BCUT2D eigenvalue weighted by Crippen LogP contribution is -2.40. The van der Waals surface area contributed by atoms with Crippen LogP contribution in [0.25, 0.3) is 10.9 Å². The van der Waals surface area contributed by atoms with Gasteiger partial charge in [-0.15, -0.1) is 0 Å². The molecule has 4 nitrogen and oxygen atoms in total. The number of aryl methyl sites for hydroxylation is 1. The van der Waals surface area contributed by atoms with E-state index >= 15 is 0 Å². The molecule has 1 aliphatic heterocycles. The van der Waals surface area contributed by atoms with Crippen molar-refractivity contribution in [3.05, 3.63) is 30.0 Å². The molecular formula is C18H24F3N3O. The predicted molar refractivity (Wildman–Crippen MR) is 92.9 cm³/mol. The first kappa shape index (κ1) is 18.1. The molecule has 0 amide bonds. The van der Waals surface area contributed by atoms with Gasteiger partial charge in [-0.05, 0) is 38.0 Å². The molecule has 0 spiro atoms. The van der Waals surface area contributed by atoms with E-state index in [-0.39, 0.29) is 6.61 Å². The van der Waals surface area contributed by atoms with E-state index in [0.717, 1.165) is 37.0 Å². The van der Waals surface area contributed by atoms with Crippen molar-refractivity contribution in [2.24, 2.45) is 0 Å². The number of benzene rings is 1. The minimum absolute atomic E-state index is 0.170. The van der Waals surface area contributed by atoms with E-state index in [0.29, 0.717) is 23.8 Å². The summed E-state index contributed by atoms with van der Waals surface area (Å²) in [5.74, 6) is 0. The Morgan fingerprint density at radius 2 is 1.96 bits per heavy atom. The Morgan fingerprint density at radius 3 is 2.60 bits per heavy atom. The molecule has 2 N–H and O–H groups in total. The Bertz CT molecular complexity index is 718. The van der Waals surface area contributed by atoms with Crippen LogP contribution in [-0.4, -0.2) is 53.0 Å². The molecule has 3 rings (SSSR count). The van der Waals surface area contributed by atoms with Gasteiger partial charge in [-0.3, -0.25) is 0 Å². The fourth-order valence-corrected chi connectivity index (χ4v) is 3.59. The van der Waals surface area contributed by atoms with E-state index in [1.54, 1.807) is 19.1 Å². The van der Waals surface area contributed by atoms with E-state index in [1.165, 1.54) is 4.57 Å². The van der Waals surface area contributed by atoms with Crippen LogP contribution in [0.15, 0.2) is 24.3 Å². The lowest BCUT2D eigenvalue weighted by molar-refractivity contribution is -0.140. The topological polar surface area (TPSA) is 40.4 Å². The molecule has 0 atom stereocenters. The fraction of sp³-hybridized carbons (Fsp3) is 0.556. The molecule has 2 aromatic rings. The fourth-order valence-electron chi connectivity index (χ4n) is 3.59. The van der Waals surface area contributed by atoms with Gasteiger partial charge in [0.15, 0.2) is 0 Å². The predicted octanol–water partition coefficient (Wildman–Crippen LogP) is 3.38. The maximum absolute atomic E-state index is 12.8. The number of piperidine rings is 1. The molecule has 0 radical (unpaired) electrons. The average Bonchev–Trinajstić information content (AvgIpc) is 2.85. The Balaban J connectivity index is 1.78. The molecular weight excluding hydrogens is 331 g/mol. The Kier molecular flexibility index (Phi) is 5.24. The molecule has 25 heavy (non-hydrogen) atoms. The third-order valence-corrected chi connectivity index (χ3v) is 4.85. The van der Waals surface area contributed by atoms with Crippen LogP contribution in [-0.2, 0) is 6.54 Å². The van der Waals surface area contributed by atoms with Crippen LogP contribution >= 0.6 is 0 Å². The van der Waals surface area contributed by atoms with Gasteiger partial charge in [0.2, 0.25) is 0 Å². The van der Waals surface area contributed by atoms with Crippen molar-refractivity contribution >= 4 is 16.6 Å². The van der Waals surface area contributed by atoms with Crippen LogP contribution in [0.4, 0.5) is 18.9 Å². The normalized spacial score (nSPS) is 17.3. The maximum atomic E-state index is 12.8. The molecule has 0 bridgehead atoms. The molecule has 0 aliphatic carbocycles. The highest BCUT2D eigenvalue weighted by Crippen LogP contribution is 2.31. The van der Waals surface area contributed by atoms with E-state index in [2.05, 4.69) is 10.2 Å². The first-order valence-electron chi connectivity index (χ1n) is 8.63. The summed E-state index contributed by atoms with van der Waals surface area (Å²) in [5.41, 5.74) is 2.11. The lowest BCUT2D eigenvalue weighted by Gasteiger charge is -2.32. The van der Waals surface area contributed by atoms with Gasteiger partial charge in [-0.25, -0.2) is 0 Å². The number of likely N-dealkylation sites (tertiary alicyclic amines) is 1. The first-order valence-corrected chi connectivity index (χ1v) is 8.63. The number of hydrogen-bond donors (Lipinski definition) is 2. The summed E-state index contributed by atoms with van der Waals surface area (Å²) in [4.78, 5) is 2.22. The van der Waals surface area contributed by atoms with Crippen molar-refractivity contribution in [3.63, 3.8) is 0 Å². The van der Waals surface area contributed by atoms with Gasteiger partial charge in [0.1, 0.15) is 6.54 Å². The van der Waals surface area contributed by atoms with Gasteiger partial charge >= 0.3 is 6.18 Å². The van der Waals surface area contributed by atoms with Gasteiger partial charge in [0.05, 0.1) is 12.1 Å². The second kappa shape index (κ2) is 7.25. The van der Waals surface area contributed by atoms with Crippen LogP contribution < -0.4 is 5.32 Å². The van der Waals surface area contributed by atoms with Crippen LogP contribution in [0.3, 0.4) is 0 Å². The number of halogens is 3. The summed E-state index contributed by atoms with van der Waals surface area (Å²) in [6.45, 7) is 3.45. The number of β-amino-alcohol motifs (C(OH)–C–C–N with tert-alkyl or cyclic N) is 1. The van der Waals surface area contributed by atoms with Gasteiger partial charge in [-0.1, -0.05) is 6.07 Å². The molecule has 1 fully saturated rings. The second-order valence-electron chi connectivity index (χ2n) is 6.71. The molecule has 1 aromatic heterocycles. The monoisotopic (exact) mass is 355 g/mol. The largest absolute Gasteiger partial charge is 0.406 e. The quantitative estimate of drug-likeness (QED) is 0.864. The molecule has 0 unspecified atom stereocenters. The van der Waals surface area contributed by atoms with Gasteiger partial charge in [0, 0.05) is 42.4 Å². The van der Waals surface area contributed by atoms with Crippen molar-refractivity contribution in [1.29, 1.82) is 0 Å². The second-order valence-corrected chi connectivity index (χ2v) is 6.71. The van der Waals surface area contributed by atoms with Crippen molar-refractivity contribution in [3.8, 4) is 0 Å². The highest BCUT2D eigenvalue weighted by atomic mass is 19.4. The Labute approximate surface area is 145 Å². The zero-order chi connectivity index (χ0) is 18.0. The number of aliphatic hydroxyl groups is 1. The number of anilines is 1. The number of alkyl halides is 3. The third kappa shape index (κ3) is 4.27. The van der Waals surface area contributed by atoms with Crippen LogP contribution in [0, 0.1) is 6.92 Å². The van der Waals surface area contributed by atoms with Gasteiger partial charge in [0.25, 0.3) is 0 Å². The van der Waals surface area contributed by atoms with E-state index in [1.807, 2.05) is 12.1 Å². The number of hydrogen-bond acceptors (Lipinski definition) is 3. The summed E-state index contributed by atoms with van der Waals surface area (Å²) in [7, 11) is 0. The molecule has 0 saturated carbocycles. The SMILES string of the molecule is Cc1cc2c(NC3CCN(CCO)CC3)cccc2n1CC(F)(F)F. The van der Waals surface area contributed by atoms with Crippen LogP contribution in [0.2, 0.25) is 0 Å². The van der Waals surface area contributed by atoms with Gasteiger partial charge < -0.3 is 19.9 Å². The zero-order valence-corrected chi connectivity index (χ0v) is 14.3. The van der Waals surface area contributed by atoms with Crippen molar-refractivity contribution in [2.45, 2.75) is 38.5 Å². The van der Waals surface area contributed by atoms with E-state index in [4.69, 9.17) is 5.11 Å². The Morgan fingerprint density at radius 1 is 1.24 bits per heavy atom. The summed E-state index contributed by atoms with van der Waals surface area (Å²) in [5, 5.41) is 13.3. The number of aliphatic hydroxyl groups excluding tert-OH is 1. The highest BCUT2D eigenvalue weighted by molar-refractivity contribution is 5.93. The molecule has 1 saturated heterocycles. The van der Waals surface area contributed by atoms with Crippen molar-refractivity contribution in [1.82, 2.24) is 9.47 Å². The summed E-state index contributed by atoms with van der Waals surface area (Å²) in [6, 6.07) is 7.59. The molecule has 1 aliphatic rings. The third-order valence-electron chi connectivity index (χ3n) is 4.85. The zero-order valence-electron chi connectivity index (χ0n) is 14.3. The number of nitrogens with zero attached hydrogens (tertiary/aromatic N) is 2. The van der Waals surface area contributed by atoms with Gasteiger partial charge in [-0.2, -0.15) is 13.2 Å². The van der Waals surface area contributed by atoms with Crippen molar-refractivity contribution in [2.75, 3.05) is 31.6 Å². The maximum Gasteiger partial charge on any atom is 0.406 e. The number of nitrogens with one attached hydrogen (secondary N) is 1. The number of rotatable bonds is 5. The Hall–Kier alpha value is -1.73. The van der Waals surface area contributed by atoms with Crippen LogP contribution in [0.5, 0.6) is 0 Å². The van der Waals surface area contributed by atoms with E-state index in [9.17, 15) is 13.2 Å². The average molecular weight is 355 g/mol. The molecule has 138 valence electrons. The van der Waals surface area contributed by atoms with Crippen LogP contribution in [0.1, 0.15) is 18.5 Å².